The highest BCUT2D eigenvalue weighted by Gasteiger charge is 2.27. The number of fused-ring (bicyclic) bond motifs is 1. The van der Waals surface area contributed by atoms with Gasteiger partial charge in [-0.05, 0) is 37.8 Å². The van der Waals surface area contributed by atoms with E-state index in [-0.39, 0.29) is 11.8 Å². The number of rotatable bonds is 4. The molecule has 0 bridgehead atoms. The monoisotopic (exact) mass is 354 g/mol. The Kier molecular flexibility index (Phi) is 4.64. The minimum Gasteiger partial charge on any atom is -0.343 e. The number of pyridine rings is 1. The van der Waals surface area contributed by atoms with Crippen LogP contribution >= 0.6 is 0 Å². The first-order valence-corrected chi connectivity index (χ1v) is 9.12. The second-order valence-corrected chi connectivity index (χ2v) is 6.86. The van der Waals surface area contributed by atoms with Crippen LogP contribution in [0, 0.1) is 0 Å². The van der Waals surface area contributed by atoms with Gasteiger partial charge in [0.2, 0.25) is 11.8 Å². The summed E-state index contributed by atoms with van der Waals surface area (Å²) in [7, 11) is 0. The highest BCUT2D eigenvalue weighted by atomic mass is 16.2. The molecule has 2 aliphatic rings. The largest absolute Gasteiger partial charge is 0.343 e. The molecule has 8 heteroatoms. The van der Waals surface area contributed by atoms with E-state index < -0.39 is 0 Å². The number of hydrogen-bond acceptors (Lipinski definition) is 5. The average Bonchev–Trinajstić information content (AvgIpc) is 3.11. The number of hydrazone groups is 1. The fourth-order valence-electron chi connectivity index (χ4n) is 3.63. The predicted octanol–water partition coefficient (Wildman–Crippen LogP) is 1.48. The van der Waals surface area contributed by atoms with Crippen molar-refractivity contribution in [3.8, 4) is 0 Å². The first-order valence-electron chi connectivity index (χ1n) is 9.12. The Morgan fingerprint density at radius 3 is 2.81 bits per heavy atom. The highest BCUT2D eigenvalue weighted by Crippen LogP contribution is 2.27. The lowest BCUT2D eigenvalue weighted by Crippen LogP contribution is -2.38. The van der Waals surface area contributed by atoms with Gasteiger partial charge < -0.3 is 4.90 Å². The second kappa shape index (κ2) is 7.23. The van der Waals surface area contributed by atoms with E-state index in [1.807, 2.05) is 33.7 Å². The summed E-state index contributed by atoms with van der Waals surface area (Å²) in [5.74, 6) is 1.42. The van der Waals surface area contributed by atoms with Gasteiger partial charge in [-0.15, -0.1) is 10.2 Å². The van der Waals surface area contributed by atoms with Crippen molar-refractivity contribution in [1.82, 2.24) is 24.9 Å². The van der Waals surface area contributed by atoms with Gasteiger partial charge >= 0.3 is 0 Å². The Morgan fingerprint density at radius 1 is 1.19 bits per heavy atom. The van der Waals surface area contributed by atoms with Crippen molar-refractivity contribution in [1.29, 1.82) is 0 Å². The van der Waals surface area contributed by atoms with E-state index >= 15 is 0 Å². The first-order chi connectivity index (χ1) is 12.7. The second-order valence-electron chi connectivity index (χ2n) is 6.86. The number of carbonyl (C=O) groups excluding carboxylic acids is 2. The zero-order chi connectivity index (χ0) is 17.9. The minimum atomic E-state index is -0.0526. The topological polar surface area (TPSA) is 92.0 Å². The van der Waals surface area contributed by atoms with Gasteiger partial charge in [0.05, 0.1) is 0 Å². The third kappa shape index (κ3) is 3.44. The van der Waals surface area contributed by atoms with Gasteiger partial charge in [-0.1, -0.05) is 6.07 Å². The summed E-state index contributed by atoms with van der Waals surface area (Å²) in [5, 5.41) is 12.6. The standard InChI is InChI=1S/C18H22N6O2/c25-16-6-4-14(19-21-16)5-7-17(26)23-11-8-13(9-12-23)18-22-20-15-3-1-2-10-24(15)18/h1-3,10,13H,4-9,11-12H2,(H,21,25). The normalized spacial score (nSPS) is 18.7. The smallest absolute Gasteiger partial charge is 0.240 e. The van der Waals surface area contributed by atoms with Crippen molar-refractivity contribution in [3.63, 3.8) is 0 Å². The number of nitrogens with one attached hydrogen (secondary N) is 1. The number of hydrogen-bond donors (Lipinski definition) is 1. The van der Waals surface area contributed by atoms with Crippen LogP contribution in [0.15, 0.2) is 29.5 Å². The summed E-state index contributed by atoms with van der Waals surface area (Å²) >= 11 is 0. The SMILES string of the molecule is O=C1CCC(CCC(=O)N2CCC(c3nnc4ccccn34)CC2)=NN1. The van der Waals surface area contributed by atoms with Crippen LogP contribution in [-0.4, -0.2) is 50.1 Å². The van der Waals surface area contributed by atoms with Crippen LogP contribution in [0.3, 0.4) is 0 Å². The molecular formula is C18H22N6O2. The fourth-order valence-corrected chi connectivity index (χ4v) is 3.63. The van der Waals surface area contributed by atoms with Crippen LogP contribution in [0.1, 0.15) is 50.3 Å². The minimum absolute atomic E-state index is 0.0526. The molecule has 8 nitrogen and oxygen atoms in total. The number of nitrogens with zero attached hydrogens (tertiary/aromatic N) is 5. The number of aromatic nitrogens is 3. The maximum atomic E-state index is 12.5. The first kappa shape index (κ1) is 16.7. The summed E-state index contributed by atoms with van der Waals surface area (Å²) in [4.78, 5) is 25.5. The van der Waals surface area contributed by atoms with E-state index in [9.17, 15) is 9.59 Å². The van der Waals surface area contributed by atoms with E-state index in [4.69, 9.17) is 0 Å². The molecule has 1 fully saturated rings. The lowest BCUT2D eigenvalue weighted by atomic mass is 9.95. The Labute approximate surface area is 151 Å². The van der Waals surface area contributed by atoms with Crippen LogP contribution < -0.4 is 5.43 Å². The van der Waals surface area contributed by atoms with Crippen molar-refractivity contribution in [2.45, 2.75) is 44.4 Å². The van der Waals surface area contributed by atoms with E-state index in [1.165, 1.54) is 0 Å². The Balaban J connectivity index is 1.30. The van der Waals surface area contributed by atoms with E-state index in [2.05, 4.69) is 20.7 Å². The van der Waals surface area contributed by atoms with Gasteiger partial charge in [-0.25, -0.2) is 5.43 Å². The molecule has 1 saturated heterocycles. The van der Waals surface area contributed by atoms with Crippen molar-refractivity contribution in [2.75, 3.05) is 13.1 Å². The molecule has 4 heterocycles. The maximum absolute atomic E-state index is 12.5. The van der Waals surface area contributed by atoms with Gasteiger partial charge in [0.15, 0.2) is 5.65 Å². The zero-order valence-electron chi connectivity index (χ0n) is 14.6. The number of piperidine rings is 1. The molecule has 0 aliphatic carbocycles. The molecule has 0 unspecified atom stereocenters. The molecule has 0 aromatic carbocycles. The Bertz CT molecular complexity index is 850. The van der Waals surface area contributed by atoms with E-state index in [1.54, 1.807) is 0 Å². The van der Waals surface area contributed by atoms with Crippen LogP contribution in [0.25, 0.3) is 5.65 Å². The molecule has 2 aromatic rings. The molecule has 0 spiro atoms. The van der Waals surface area contributed by atoms with Gasteiger partial charge in [0.25, 0.3) is 0 Å². The maximum Gasteiger partial charge on any atom is 0.240 e. The van der Waals surface area contributed by atoms with Crippen LogP contribution in [0.2, 0.25) is 0 Å². The van der Waals surface area contributed by atoms with Crippen molar-refractivity contribution >= 4 is 23.2 Å². The van der Waals surface area contributed by atoms with Crippen LogP contribution in [0.4, 0.5) is 0 Å². The molecular weight excluding hydrogens is 332 g/mol. The molecule has 2 aromatic heterocycles. The quantitative estimate of drug-likeness (QED) is 0.900. The molecule has 136 valence electrons. The van der Waals surface area contributed by atoms with E-state index in [0.29, 0.717) is 31.6 Å². The third-order valence-electron chi connectivity index (χ3n) is 5.16. The summed E-state index contributed by atoms with van der Waals surface area (Å²) in [6.07, 6.45) is 5.98. The lowest BCUT2D eigenvalue weighted by molar-refractivity contribution is -0.132. The summed E-state index contributed by atoms with van der Waals surface area (Å²) < 4.78 is 2.04. The Morgan fingerprint density at radius 2 is 2.04 bits per heavy atom. The van der Waals surface area contributed by atoms with Gasteiger partial charge in [-0.2, -0.15) is 5.10 Å². The average molecular weight is 354 g/mol. The fraction of sp³-hybridized carbons (Fsp3) is 0.500. The molecule has 1 N–H and O–H groups in total. The zero-order valence-corrected chi connectivity index (χ0v) is 14.6. The van der Waals surface area contributed by atoms with Crippen LogP contribution in [-0.2, 0) is 9.59 Å². The number of likely N-dealkylation sites (tertiary alicyclic amines) is 1. The van der Waals surface area contributed by atoms with Gasteiger partial charge in [0, 0.05) is 43.8 Å². The van der Waals surface area contributed by atoms with Gasteiger partial charge in [-0.3, -0.25) is 14.0 Å². The molecule has 26 heavy (non-hydrogen) atoms. The third-order valence-corrected chi connectivity index (χ3v) is 5.16. The van der Waals surface area contributed by atoms with E-state index in [0.717, 1.165) is 43.1 Å². The molecule has 0 saturated carbocycles. The molecule has 2 aliphatic heterocycles. The molecule has 0 radical (unpaired) electrons. The van der Waals surface area contributed by atoms with Crippen LogP contribution in [0.5, 0.6) is 0 Å². The summed E-state index contributed by atoms with van der Waals surface area (Å²) in [5.41, 5.74) is 4.25. The highest BCUT2D eigenvalue weighted by molar-refractivity contribution is 5.94. The van der Waals surface area contributed by atoms with Crippen molar-refractivity contribution in [3.05, 3.63) is 30.2 Å². The molecule has 4 rings (SSSR count). The van der Waals surface area contributed by atoms with Crippen molar-refractivity contribution in [2.24, 2.45) is 5.10 Å². The number of carbonyl (C=O) groups is 2. The number of amides is 2. The molecule has 0 atom stereocenters. The Hall–Kier alpha value is -2.77. The molecule has 2 amide bonds. The summed E-state index contributed by atoms with van der Waals surface area (Å²) in [6, 6.07) is 5.89. The predicted molar refractivity (Wildman–Crippen MR) is 95.6 cm³/mol. The summed E-state index contributed by atoms with van der Waals surface area (Å²) in [6.45, 7) is 1.49. The lowest BCUT2D eigenvalue weighted by Gasteiger charge is -2.31. The van der Waals surface area contributed by atoms with Gasteiger partial charge in [0.1, 0.15) is 5.82 Å². The van der Waals surface area contributed by atoms with Crippen molar-refractivity contribution < 1.29 is 9.59 Å².